The summed E-state index contributed by atoms with van der Waals surface area (Å²) >= 11 is 23.0. The Morgan fingerprint density at radius 2 is 0.778 bits per heavy atom. The van der Waals surface area contributed by atoms with Crippen LogP contribution in [-0.2, 0) is 0 Å². The SMILES string of the molecule is Br[C@@H]1[C@H](Br)[C@H](Br)[C@H](Br)CCCCCC[C@@H](Br)[C@H]1Br. The fraction of sp³-hybridized carbons (Fsp3) is 1.00. The molecule has 1 fully saturated rings. The second kappa shape index (κ2) is 9.81. The molecule has 0 saturated heterocycles. The summed E-state index contributed by atoms with van der Waals surface area (Å²) < 4.78 is 0. The van der Waals surface area contributed by atoms with E-state index in [1.165, 1.54) is 38.5 Å². The van der Waals surface area contributed by atoms with E-state index in [0.717, 1.165) is 0 Å². The van der Waals surface area contributed by atoms with Crippen molar-refractivity contribution >= 4 is 95.6 Å². The molecular weight excluding hydrogens is 624 g/mol. The van der Waals surface area contributed by atoms with Gasteiger partial charge in [-0.3, -0.25) is 0 Å². The van der Waals surface area contributed by atoms with Crippen molar-refractivity contribution in [1.82, 2.24) is 0 Å². The number of halogens is 6. The quantitative estimate of drug-likeness (QED) is 0.252. The Labute approximate surface area is 161 Å². The van der Waals surface area contributed by atoms with Crippen molar-refractivity contribution in [2.24, 2.45) is 0 Å². The van der Waals surface area contributed by atoms with E-state index in [1.54, 1.807) is 0 Å². The normalized spacial score (nSPS) is 45.0. The minimum Gasteiger partial charge on any atom is -0.0878 e. The number of alkyl halides is 6. The second-order valence-corrected chi connectivity index (χ2v) is 11.4. The average Bonchev–Trinajstić information content (AvgIpc) is 2.37. The van der Waals surface area contributed by atoms with Gasteiger partial charge in [-0.25, -0.2) is 0 Å². The maximum atomic E-state index is 3.84. The van der Waals surface area contributed by atoms with E-state index in [0.29, 0.717) is 29.0 Å². The van der Waals surface area contributed by atoms with E-state index in [9.17, 15) is 0 Å². The summed E-state index contributed by atoms with van der Waals surface area (Å²) in [4.78, 5) is 2.70. The minimum atomic E-state index is 0.394. The molecule has 1 rings (SSSR count). The van der Waals surface area contributed by atoms with Gasteiger partial charge in [0.25, 0.3) is 0 Å². The predicted molar refractivity (Wildman–Crippen MR) is 104 cm³/mol. The Hall–Kier alpha value is 2.88. The van der Waals surface area contributed by atoms with Crippen LogP contribution in [0.2, 0.25) is 0 Å². The van der Waals surface area contributed by atoms with Crippen LogP contribution in [0.3, 0.4) is 0 Å². The summed E-state index contributed by atoms with van der Waals surface area (Å²) in [7, 11) is 0. The molecule has 0 heterocycles. The van der Waals surface area contributed by atoms with Gasteiger partial charge in [0.2, 0.25) is 0 Å². The van der Waals surface area contributed by atoms with Gasteiger partial charge in [-0.1, -0.05) is 121 Å². The molecule has 0 spiro atoms. The molecule has 0 aromatic carbocycles. The van der Waals surface area contributed by atoms with Crippen molar-refractivity contribution in [3.8, 4) is 0 Å². The van der Waals surface area contributed by atoms with Crippen LogP contribution in [0.15, 0.2) is 0 Å². The summed E-state index contributed by atoms with van der Waals surface area (Å²) in [6, 6.07) is 0. The van der Waals surface area contributed by atoms with Crippen LogP contribution in [0.1, 0.15) is 38.5 Å². The van der Waals surface area contributed by atoms with Crippen molar-refractivity contribution < 1.29 is 0 Å². The highest BCUT2D eigenvalue weighted by Gasteiger charge is 2.35. The smallest absolute Gasteiger partial charge is 0.0418 e. The number of hydrogen-bond donors (Lipinski definition) is 0. The molecular formula is C12H18Br6. The summed E-state index contributed by atoms with van der Waals surface area (Å²) in [5.41, 5.74) is 0. The Balaban J connectivity index is 2.71. The van der Waals surface area contributed by atoms with Gasteiger partial charge in [0.05, 0.1) is 0 Å². The van der Waals surface area contributed by atoms with Crippen LogP contribution in [0, 0.1) is 0 Å². The largest absolute Gasteiger partial charge is 0.0878 e. The highest BCUT2D eigenvalue weighted by atomic mass is 79.9. The zero-order chi connectivity index (χ0) is 13.7. The van der Waals surface area contributed by atoms with Gasteiger partial charge >= 0.3 is 0 Å². The molecule has 18 heavy (non-hydrogen) atoms. The second-order valence-electron chi connectivity index (χ2n) is 4.80. The van der Waals surface area contributed by atoms with Crippen LogP contribution >= 0.6 is 95.6 Å². The highest BCUT2D eigenvalue weighted by Crippen LogP contribution is 2.37. The van der Waals surface area contributed by atoms with Crippen LogP contribution in [0.25, 0.3) is 0 Å². The van der Waals surface area contributed by atoms with Crippen molar-refractivity contribution in [2.75, 3.05) is 0 Å². The lowest BCUT2D eigenvalue weighted by molar-refractivity contribution is 0.549. The molecule has 0 aromatic rings. The van der Waals surface area contributed by atoms with Crippen molar-refractivity contribution in [3.05, 3.63) is 0 Å². The van der Waals surface area contributed by atoms with E-state index in [2.05, 4.69) is 95.6 Å². The lowest BCUT2D eigenvalue weighted by Gasteiger charge is -2.31. The lowest BCUT2D eigenvalue weighted by atomic mass is 10.0. The minimum absolute atomic E-state index is 0.394. The van der Waals surface area contributed by atoms with E-state index in [-0.39, 0.29) is 0 Å². The molecule has 0 aliphatic heterocycles. The molecule has 1 aliphatic carbocycles. The molecule has 6 heteroatoms. The zero-order valence-corrected chi connectivity index (χ0v) is 19.5. The maximum absolute atomic E-state index is 3.84. The Bertz CT molecular complexity index is 213. The van der Waals surface area contributed by atoms with Gasteiger partial charge in [0, 0.05) is 29.0 Å². The Kier molecular flexibility index (Phi) is 10.3. The molecule has 0 radical (unpaired) electrons. The number of hydrogen-bond acceptors (Lipinski definition) is 0. The predicted octanol–water partition coefficient (Wildman–Crippen LogP) is 6.92. The van der Waals surface area contributed by atoms with Crippen molar-refractivity contribution in [2.45, 2.75) is 67.5 Å². The third kappa shape index (κ3) is 5.94. The third-order valence-corrected chi connectivity index (χ3v) is 13.6. The first kappa shape index (κ1) is 18.9. The van der Waals surface area contributed by atoms with E-state index >= 15 is 0 Å². The topological polar surface area (TPSA) is 0 Å². The monoisotopic (exact) mass is 636 g/mol. The van der Waals surface area contributed by atoms with Crippen LogP contribution in [0.4, 0.5) is 0 Å². The molecule has 0 bridgehead atoms. The van der Waals surface area contributed by atoms with Gasteiger partial charge in [0.1, 0.15) is 0 Å². The van der Waals surface area contributed by atoms with E-state index < -0.39 is 0 Å². The number of rotatable bonds is 0. The Morgan fingerprint density at radius 1 is 0.444 bits per heavy atom. The molecule has 108 valence electrons. The maximum Gasteiger partial charge on any atom is 0.0418 e. The van der Waals surface area contributed by atoms with Gasteiger partial charge in [-0.15, -0.1) is 0 Å². The van der Waals surface area contributed by atoms with Crippen LogP contribution < -0.4 is 0 Å². The van der Waals surface area contributed by atoms with E-state index in [1.807, 2.05) is 0 Å². The molecule has 0 amide bonds. The third-order valence-electron chi connectivity index (χ3n) is 3.31. The van der Waals surface area contributed by atoms with Crippen molar-refractivity contribution in [1.29, 1.82) is 0 Å². The molecule has 0 N–H and O–H groups in total. The zero-order valence-electron chi connectivity index (χ0n) is 9.97. The first-order chi connectivity index (χ1) is 8.45. The first-order valence-electron chi connectivity index (χ1n) is 6.29. The molecule has 1 saturated carbocycles. The fourth-order valence-electron chi connectivity index (χ4n) is 2.10. The summed E-state index contributed by atoms with van der Waals surface area (Å²) in [6.45, 7) is 0. The summed E-state index contributed by atoms with van der Waals surface area (Å²) in [5, 5.41) is 0. The average molecular weight is 642 g/mol. The lowest BCUT2D eigenvalue weighted by Crippen LogP contribution is -2.39. The van der Waals surface area contributed by atoms with Gasteiger partial charge < -0.3 is 0 Å². The van der Waals surface area contributed by atoms with Crippen molar-refractivity contribution in [3.63, 3.8) is 0 Å². The molecule has 6 atom stereocenters. The highest BCUT2D eigenvalue weighted by molar-refractivity contribution is 9.15. The molecule has 0 nitrogen and oxygen atoms in total. The van der Waals surface area contributed by atoms with Gasteiger partial charge in [-0.2, -0.15) is 0 Å². The van der Waals surface area contributed by atoms with Crippen LogP contribution in [-0.4, -0.2) is 29.0 Å². The first-order valence-corrected chi connectivity index (χ1v) is 11.8. The van der Waals surface area contributed by atoms with Gasteiger partial charge in [-0.05, 0) is 12.8 Å². The summed E-state index contributed by atoms with van der Waals surface area (Å²) in [5.74, 6) is 0. The fourth-order valence-corrected chi connectivity index (χ4v) is 7.63. The molecule has 1 aliphatic rings. The molecule has 0 unspecified atom stereocenters. The van der Waals surface area contributed by atoms with Gasteiger partial charge in [0.15, 0.2) is 0 Å². The summed E-state index contributed by atoms with van der Waals surface area (Å²) in [6.07, 6.45) is 7.80. The van der Waals surface area contributed by atoms with E-state index in [4.69, 9.17) is 0 Å². The standard InChI is InChI=1S/C12H18Br6/c13-7-5-3-1-2-4-6-8(14)10(16)12(18)11(17)9(7)15/h7-12H,1-6H2/t7-,8-,9-,10-,11-,12+/m1/s1. The Morgan fingerprint density at radius 3 is 1.11 bits per heavy atom. The molecule has 0 aromatic heterocycles. The van der Waals surface area contributed by atoms with Crippen LogP contribution in [0.5, 0.6) is 0 Å².